The second-order valence-corrected chi connectivity index (χ2v) is 11.9. The molecule has 2 saturated heterocycles. The first-order valence-corrected chi connectivity index (χ1v) is 14.7. The van der Waals surface area contributed by atoms with E-state index in [0.717, 1.165) is 53.0 Å². The number of carbonyl (C=O) groups excluding carboxylic acids is 2. The lowest BCUT2D eigenvalue weighted by Gasteiger charge is -2.32. The molecule has 0 bridgehead atoms. The van der Waals surface area contributed by atoms with Gasteiger partial charge in [0.1, 0.15) is 12.2 Å². The van der Waals surface area contributed by atoms with Crippen LogP contribution in [0.15, 0.2) is 53.2 Å². The van der Waals surface area contributed by atoms with Gasteiger partial charge in [-0.3, -0.25) is 9.59 Å². The second-order valence-electron chi connectivity index (χ2n) is 11.9. The van der Waals surface area contributed by atoms with E-state index in [1.807, 2.05) is 31.7 Å². The highest BCUT2D eigenvalue weighted by Gasteiger charge is 2.39. The lowest BCUT2D eigenvalue weighted by atomic mass is 9.92. The molecule has 1 unspecified atom stereocenters. The Hall–Kier alpha value is -4.48. The fourth-order valence-corrected chi connectivity index (χ4v) is 6.46. The molecule has 2 aliphatic rings. The van der Waals surface area contributed by atoms with Crippen LogP contribution in [0.1, 0.15) is 58.9 Å². The third-order valence-corrected chi connectivity index (χ3v) is 8.52. The minimum atomic E-state index is -4.44. The molecule has 0 spiro atoms. The van der Waals surface area contributed by atoms with Gasteiger partial charge in [-0.2, -0.15) is 13.2 Å². The third-order valence-electron chi connectivity index (χ3n) is 8.52. The zero-order chi connectivity index (χ0) is 31.2. The van der Waals surface area contributed by atoms with Crippen LogP contribution in [0.3, 0.4) is 0 Å². The van der Waals surface area contributed by atoms with Gasteiger partial charge in [-0.05, 0) is 56.9 Å². The van der Waals surface area contributed by atoms with Gasteiger partial charge in [0.25, 0.3) is 0 Å². The summed E-state index contributed by atoms with van der Waals surface area (Å²) >= 11 is 0. The molecule has 2 aromatic heterocycles. The number of anilines is 1. The van der Waals surface area contributed by atoms with Crippen molar-refractivity contribution >= 4 is 17.5 Å². The number of hydrogen-bond acceptors (Lipinski definition) is 6. The van der Waals surface area contributed by atoms with E-state index in [1.165, 1.54) is 10.7 Å². The minimum Gasteiger partial charge on any atom is -0.359 e. The maximum atomic E-state index is 13.4. The number of likely N-dealkylation sites (tertiary alicyclic amines) is 1. The SMILES string of the molecule is Cc1cc(C)c(N2CC(C(=O)N3CCC(c4cc(Cn5cc(-c6cccc(C(F)(F)F)c6)nn5)on4)CC3)CC2=O)c(C)c1. The number of hydrogen-bond donors (Lipinski definition) is 0. The molecule has 4 heterocycles. The zero-order valence-electron chi connectivity index (χ0n) is 24.8. The maximum absolute atomic E-state index is 13.4. The summed E-state index contributed by atoms with van der Waals surface area (Å²) in [6.45, 7) is 7.80. The zero-order valence-corrected chi connectivity index (χ0v) is 24.8. The molecule has 1 atom stereocenters. The van der Waals surface area contributed by atoms with Crippen molar-refractivity contribution in [2.45, 2.75) is 58.7 Å². The van der Waals surface area contributed by atoms with Crippen molar-refractivity contribution < 1.29 is 27.3 Å². The summed E-state index contributed by atoms with van der Waals surface area (Å²) in [5, 5.41) is 12.3. The molecule has 2 amide bonds. The van der Waals surface area contributed by atoms with Crippen molar-refractivity contribution in [1.29, 1.82) is 0 Å². The Morgan fingerprint density at radius 3 is 2.48 bits per heavy atom. The van der Waals surface area contributed by atoms with Gasteiger partial charge in [-0.15, -0.1) is 5.10 Å². The Morgan fingerprint density at radius 2 is 1.77 bits per heavy atom. The molecule has 44 heavy (non-hydrogen) atoms. The van der Waals surface area contributed by atoms with Crippen molar-refractivity contribution in [2.24, 2.45) is 5.92 Å². The van der Waals surface area contributed by atoms with Gasteiger partial charge in [0, 0.05) is 49.3 Å². The Morgan fingerprint density at radius 1 is 1.05 bits per heavy atom. The Kier molecular flexibility index (Phi) is 7.77. The molecular weight excluding hydrogens is 573 g/mol. The van der Waals surface area contributed by atoms with Crippen LogP contribution in [-0.4, -0.2) is 56.5 Å². The molecule has 9 nitrogen and oxygen atoms in total. The van der Waals surface area contributed by atoms with Gasteiger partial charge < -0.3 is 14.3 Å². The molecule has 4 aromatic rings. The monoisotopic (exact) mass is 606 g/mol. The van der Waals surface area contributed by atoms with E-state index in [2.05, 4.69) is 27.6 Å². The van der Waals surface area contributed by atoms with E-state index in [9.17, 15) is 22.8 Å². The number of piperidine rings is 1. The lowest BCUT2D eigenvalue weighted by molar-refractivity contribution is -0.137. The van der Waals surface area contributed by atoms with Gasteiger partial charge >= 0.3 is 6.18 Å². The van der Waals surface area contributed by atoms with Crippen LogP contribution >= 0.6 is 0 Å². The predicted octanol–water partition coefficient (Wildman–Crippen LogP) is 5.68. The average molecular weight is 607 g/mol. The average Bonchev–Trinajstić information content (AvgIpc) is 3.73. The Balaban J connectivity index is 1.04. The lowest BCUT2D eigenvalue weighted by Crippen LogP contribution is -2.42. The van der Waals surface area contributed by atoms with E-state index in [0.29, 0.717) is 36.7 Å². The summed E-state index contributed by atoms with van der Waals surface area (Å²) in [5.74, 6) is 0.308. The van der Waals surface area contributed by atoms with Crippen molar-refractivity contribution in [1.82, 2.24) is 25.1 Å². The van der Waals surface area contributed by atoms with Crippen LogP contribution < -0.4 is 4.90 Å². The van der Waals surface area contributed by atoms with Crippen LogP contribution in [-0.2, 0) is 22.3 Å². The van der Waals surface area contributed by atoms with Gasteiger partial charge in [0.05, 0.1) is 23.4 Å². The van der Waals surface area contributed by atoms with Crippen molar-refractivity contribution in [3.63, 3.8) is 0 Å². The van der Waals surface area contributed by atoms with Gasteiger partial charge in [-0.1, -0.05) is 40.2 Å². The number of nitrogens with zero attached hydrogens (tertiary/aromatic N) is 6. The molecule has 12 heteroatoms. The highest BCUT2D eigenvalue weighted by Crippen LogP contribution is 2.35. The fraction of sp³-hybridized carbons (Fsp3) is 0.406. The van der Waals surface area contributed by atoms with E-state index in [1.54, 1.807) is 17.2 Å². The first kappa shape index (κ1) is 29.6. The minimum absolute atomic E-state index is 0.0160. The number of benzene rings is 2. The Bertz CT molecular complexity index is 1680. The number of carbonyl (C=O) groups is 2. The van der Waals surface area contributed by atoms with E-state index < -0.39 is 11.7 Å². The normalized spacial score (nSPS) is 18.0. The third kappa shape index (κ3) is 5.97. The van der Waals surface area contributed by atoms with Crippen LogP contribution in [0.2, 0.25) is 0 Å². The highest BCUT2D eigenvalue weighted by molar-refractivity contribution is 6.01. The topological polar surface area (TPSA) is 97.4 Å². The predicted molar refractivity (Wildman–Crippen MR) is 156 cm³/mol. The number of alkyl halides is 3. The number of aryl methyl sites for hydroxylation is 3. The summed E-state index contributed by atoms with van der Waals surface area (Å²) < 4.78 is 46.3. The van der Waals surface area contributed by atoms with Gasteiger partial charge in [0.2, 0.25) is 11.8 Å². The fourth-order valence-electron chi connectivity index (χ4n) is 6.46. The second kappa shape index (κ2) is 11.5. The molecule has 230 valence electrons. The van der Waals surface area contributed by atoms with E-state index >= 15 is 0 Å². The van der Waals surface area contributed by atoms with Crippen LogP contribution in [0.4, 0.5) is 18.9 Å². The molecule has 6 rings (SSSR count). The molecular formula is C32H33F3N6O3. The number of amides is 2. The summed E-state index contributed by atoms with van der Waals surface area (Å²) in [5.41, 5.74) is 4.82. The van der Waals surface area contributed by atoms with Crippen molar-refractivity contribution in [3.8, 4) is 11.3 Å². The summed E-state index contributed by atoms with van der Waals surface area (Å²) in [6, 6.07) is 10.9. The van der Waals surface area contributed by atoms with Crippen molar-refractivity contribution in [3.05, 3.63) is 82.4 Å². The van der Waals surface area contributed by atoms with Gasteiger partial charge in [-0.25, -0.2) is 4.68 Å². The molecule has 0 N–H and O–H groups in total. The number of rotatable bonds is 6. The summed E-state index contributed by atoms with van der Waals surface area (Å²) in [4.78, 5) is 30.0. The molecule has 0 saturated carbocycles. The molecule has 2 aliphatic heterocycles. The standard InChI is InChI=1S/C32H33F3N6O3/c1-19-11-20(2)30(21(3)12-19)41-16-24(14-29(41)42)31(43)39-9-7-22(8-10-39)27-15-26(44-37-27)17-40-18-28(36-38-40)23-5-4-6-25(13-23)32(33,34)35/h4-6,11-13,15,18,22,24H,7-10,14,16-17H2,1-3H3. The number of halogens is 3. The van der Waals surface area contributed by atoms with E-state index in [-0.39, 0.29) is 36.6 Å². The van der Waals surface area contributed by atoms with E-state index in [4.69, 9.17) is 4.52 Å². The quantitative estimate of drug-likeness (QED) is 0.280. The first-order valence-electron chi connectivity index (χ1n) is 14.7. The Labute approximate surface area is 252 Å². The summed E-state index contributed by atoms with van der Waals surface area (Å²) in [6.07, 6.45) is -1.21. The summed E-state index contributed by atoms with van der Waals surface area (Å²) in [7, 11) is 0. The maximum Gasteiger partial charge on any atom is 0.416 e. The molecule has 0 aliphatic carbocycles. The van der Waals surface area contributed by atoms with Crippen molar-refractivity contribution in [2.75, 3.05) is 24.5 Å². The van der Waals surface area contributed by atoms with Gasteiger partial charge in [0.15, 0.2) is 5.76 Å². The van der Waals surface area contributed by atoms with Crippen LogP contribution in [0.5, 0.6) is 0 Å². The highest BCUT2D eigenvalue weighted by atomic mass is 19.4. The molecule has 2 fully saturated rings. The largest absolute Gasteiger partial charge is 0.416 e. The number of aromatic nitrogens is 4. The van der Waals surface area contributed by atoms with Crippen LogP contribution in [0.25, 0.3) is 11.3 Å². The first-order chi connectivity index (χ1) is 21.0. The molecule has 0 radical (unpaired) electrons. The smallest absolute Gasteiger partial charge is 0.359 e. The molecule has 2 aromatic carbocycles. The van der Waals surface area contributed by atoms with Crippen LogP contribution in [0, 0.1) is 26.7 Å².